The SMILES string of the molecule is COCc1ccnc(-c2ccnc(Nc3ccc4[nH]c(C(=O)N5CCN(C)CC5)cc4c3)n2)c1.[V]. The van der Waals surface area contributed by atoms with E-state index in [0.29, 0.717) is 18.2 Å². The van der Waals surface area contributed by atoms with Crippen LogP contribution in [0.25, 0.3) is 22.3 Å². The van der Waals surface area contributed by atoms with Gasteiger partial charge in [-0.2, -0.15) is 0 Å². The molecule has 2 N–H and O–H groups in total. The van der Waals surface area contributed by atoms with E-state index in [1.165, 1.54) is 0 Å². The smallest absolute Gasteiger partial charge is 0.270 e. The Morgan fingerprint density at radius 1 is 1.03 bits per heavy atom. The molecule has 1 aromatic carbocycles. The van der Waals surface area contributed by atoms with Crippen LogP contribution in [0.5, 0.6) is 0 Å². The van der Waals surface area contributed by atoms with Crippen LogP contribution in [0.1, 0.15) is 16.1 Å². The first-order valence-corrected chi connectivity index (χ1v) is 11.2. The molecule has 4 aromatic rings. The number of aromatic amines is 1. The second kappa shape index (κ2) is 11.0. The van der Waals surface area contributed by atoms with Gasteiger partial charge in [-0.1, -0.05) is 0 Å². The zero-order valence-electron chi connectivity index (χ0n) is 19.7. The van der Waals surface area contributed by atoms with Crippen molar-refractivity contribution in [1.29, 1.82) is 0 Å². The first-order valence-electron chi connectivity index (χ1n) is 11.2. The Bertz CT molecular complexity index is 1320. The number of methoxy groups -OCH3 is 1. The van der Waals surface area contributed by atoms with Gasteiger partial charge in [-0.05, 0) is 55.1 Å². The van der Waals surface area contributed by atoms with Crippen molar-refractivity contribution in [3.8, 4) is 11.4 Å². The number of ether oxygens (including phenoxy) is 1. The Morgan fingerprint density at radius 2 is 1.83 bits per heavy atom. The molecule has 3 aromatic heterocycles. The molecule has 0 unspecified atom stereocenters. The average Bonchev–Trinajstić information content (AvgIpc) is 3.28. The summed E-state index contributed by atoms with van der Waals surface area (Å²) in [5.41, 5.74) is 4.86. The van der Waals surface area contributed by atoms with Gasteiger partial charge in [0.1, 0.15) is 5.69 Å². The second-order valence-corrected chi connectivity index (χ2v) is 8.45. The quantitative estimate of drug-likeness (QED) is 0.412. The van der Waals surface area contributed by atoms with Gasteiger partial charge < -0.3 is 24.8 Å². The van der Waals surface area contributed by atoms with E-state index >= 15 is 0 Å². The molecule has 179 valence electrons. The van der Waals surface area contributed by atoms with Gasteiger partial charge in [-0.15, -0.1) is 0 Å². The molecule has 35 heavy (non-hydrogen) atoms. The molecule has 1 aliphatic heterocycles. The van der Waals surface area contributed by atoms with Crippen molar-refractivity contribution in [3.63, 3.8) is 0 Å². The van der Waals surface area contributed by atoms with Crippen molar-refractivity contribution in [1.82, 2.24) is 29.7 Å². The minimum Gasteiger partial charge on any atom is -0.380 e. The third-order valence-electron chi connectivity index (χ3n) is 5.95. The van der Waals surface area contributed by atoms with E-state index in [-0.39, 0.29) is 24.5 Å². The molecule has 0 spiro atoms. The number of H-pyrrole nitrogens is 1. The summed E-state index contributed by atoms with van der Waals surface area (Å²) >= 11 is 0. The van der Waals surface area contributed by atoms with E-state index in [0.717, 1.165) is 59.7 Å². The van der Waals surface area contributed by atoms with Gasteiger partial charge >= 0.3 is 0 Å². The molecule has 1 radical (unpaired) electrons. The number of anilines is 2. The number of likely N-dealkylation sites (N-methyl/N-ethyl adjacent to an activating group) is 1. The van der Waals surface area contributed by atoms with Crippen LogP contribution >= 0.6 is 0 Å². The number of hydrogen-bond acceptors (Lipinski definition) is 7. The fraction of sp³-hybridized carbons (Fsp3) is 0.280. The number of fused-ring (bicyclic) bond motifs is 1. The van der Waals surface area contributed by atoms with E-state index in [1.54, 1.807) is 19.5 Å². The number of aromatic nitrogens is 4. The van der Waals surface area contributed by atoms with Crippen molar-refractivity contribution in [2.75, 3.05) is 45.7 Å². The van der Waals surface area contributed by atoms with Crippen molar-refractivity contribution in [2.24, 2.45) is 0 Å². The van der Waals surface area contributed by atoms with Gasteiger partial charge in [0.2, 0.25) is 5.95 Å². The molecule has 9 nitrogen and oxygen atoms in total. The maximum atomic E-state index is 12.9. The number of benzene rings is 1. The summed E-state index contributed by atoms with van der Waals surface area (Å²) in [7, 11) is 3.74. The van der Waals surface area contributed by atoms with Crippen LogP contribution < -0.4 is 5.32 Å². The number of hydrogen-bond donors (Lipinski definition) is 2. The Balaban J connectivity index is 0.00000289. The third-order valence-corrected chi connectivity index (χ3v) is 5.95. The molecule has 1 fully saturated rings. The van der Waals surface area contributed by atoms with E-state index in [1.807, 2.05) is 47.4 Å². The monoisotopic (exact) mass is 508 g/mol. The Hall–Kier alpha value is -3.24. The van der Waals surface area contributed by atoms with Crippen LogP contribution in [0, 0.1) is 0 Å². The van der Waals surface area contributed by atoms with Crippen molar-refractivity contribution in [3.05, 3.63) is 66.1 Å². The van der Waals surface area contributed by atoms with Crippen LogP contribution in [-0.2, 0) is 29.9 Å². The molecular formula is C25H27N7O2V. The third kappa shape index (κ3) is 5.71. The molecule has 4 heterocycles. The van der Waals surface area contributed by atoms with Crippen molar-refractivity contribution in [2.45, 2.75) is 6.61 Å². The summed E-state index contributed by atoms with van der Waals surface area (Å²) in [4.78, 5) is 33.7. The number of amides is 1. The molecule has 0 atom stereocenters. The predicted octanol–water partition coefficient (Wildman–Crippen LogP) is 3.30. The summed E-state index contributed by atoms with van der Waals surface area (Å²) in [6.07, 6.45) is 3.46. The molecule has 1 amide bonds. The molecular weight excluding hydrogens is 481 g/mol. The number of pyridine rings is 1. The molecule has 1 aliphatic rings. The Morgan fingerprint density at radius 3 is 2.63 bits per heavy atom. The topological polar surface area (TPSA) is 99.3 Å². The van der Waals surface area contributed by atoms with Gasteiger partial charge in [-0.3, -0.25) is 9.78 Å². The predicted molar refractivity (Wildman–Crippen MR) is 131 cm³/mol. The van der Waals surface area contributed by atoms with Crippen LogP contribution in [-0.4, -0.2) is 76.0 Å². The zero-order valence-corrected chi connectivity index (χ0v) is 21.1. The minimum atomic E-state index is 0. The van der Waals surface area contributed by atoms with E-state index in [9.17, 15) is 4.79 Å². The van der Waals surface area contributed by atoms with Crippen molar-refractivity contribution >= 4 is 28.4 Å². The summed E-state index contributed by atoms with van der Waals surface area (Å²) in [6.45, 7) is 3.79. The largest absolute Gasteiger partial charge is 0.380 e. The summed E-state index contributed by atoms with van der Waals surface area (Å²) in [5, 5.41) is 4.21. The first kappa shape index (κ1) is 24.9. The summed E-state index contributed by atoms with van der Waals surface area (Å²) in [6, 6.07) is 13.5. The number of rotatable bonds is 6. The van der Waals surface area contributed by atoms with Crippen LogP contribution in [0.15, 0.2) is 54.9 Å². The van der Waals surface area contributed by atoms with Gasteiger partial charge in [0, 0.05) is 80.8 Å². The van der Waals surface area contributed by atoms with Crippen LogP contribution in [0.2, 0.25) is 0 Å². The van der Waals surface area contributed by atoms with E-state index in [2.05, 4.69) is 37.2 Å². The van der Waals surface area contributed by atoms with Crippen molar-refractivity contribution < 1.29 is 28.1 Å². The maximum Gasteiger partial charge on any atom is 0.270 e. The van der Waals surface area contributed by atoms with Gasteiger partial charge in [0.25, 0.3) is 5.91 Å². The number of nitrogens with zero attached hydrogens (tertiary/aromatic N) is 5. The molecule has 0 saturated carbocycles. The standard InChI is InChI=1S/C25H27N7O2.V/c1-31-9-11-32(12-10-31)24(33)23-15-18-14-19(3-4-20(18)29-23)28-25-27-8-6-21(30-25)22-13-17(16-34-2)5-7-26-22;/h3-8,13-15,29H,9-12,16H2,1-2H3,(H,27,28,30);. The normalized spacial score (nSPS) is 14.1. The molecule has 5 rings (SSSR count). The maximum absolute atomic E-state index is 12.9. The van der Waals surface area contributed by atoms with Gasteiger partial charge in [0.05, 0.1) is 18.0 Å². The van der Waals surface area contributed by atoms with Crippen LogP contribution in [0.4, 0.5) is 11.6 Å². The number of nitrogens with one attached hydrogen (secondary N) is 2. The average molecular weight is 508 g/mol. The van der Waals surface area contributed by atoms with E-state index in [4.69, 9.17) is 4.74 Å². The van der Waals surface area contributed by atoms with Gasteiger partial charge in [0.15, 0.2) is 0 Å². The fourth-order valence-electron chi connectivity index (χ4n) is 4.07. The molecule has 1 saturated heterocycles. The Kier molecular flexibility index (Phi) is 7.82. The number of carbonyl (C=O) groups is 1. The number of piperazine rings is 1. The van der Waals surface area contributed by atoms with Gasteiger partial charge in [-0.25, -0.2) is 9.97 Å². The second-order valence-electron chi connectivity index (χ2n) is 8.45. The molecule has 10 heteroatoms. The number of carbonyl (C=O) groups excluding carboxylic acids is 1. The first-order chi connectivity index (χ1) is 16.6. The summed E-state index contributed by atoms with van der Waals surface area (Å²) < 4.78 is 5.21. The Labute approximate surface area is 215 Å². The van der Waals surface area contributed by atoms with Crippen LogP contribution in [0.3, 0.4) is 0 Å². The van der Waals surface area contributed by atoms with E-state index < -0.39 is 0 Å². The summed E-state index contributed by atoms with van der Waals surface area (Å²) in [5.74, 6) is 0.512. The fourth-order valence-corrected chi connectivity index (χ4v) is 4.07. The molecule has 0 bridgehead atoms. The zero-order chi connectivity index (χ0) is 23.5. The molecule has 0 aliphatic carbocycles. The minimum absolute atomic E-state index is 0.